The number of benzene rings is 2. The highest BCUT2D eigenvalue weighted by molar-refractivity contribution is 5.89. The maximum Gasteiger partial charge on any atom is 0.471 e. The number of hydrogen-bond donors (Lipinski definition) is 1. The number of rotatable bonds is 4. The van der Waals surface area contributed by atoms with E-state index in [0.717, 1.165) is 0 Å². The molecule has 1 saturated carbocycles. The van der Waals surface area contributed by atoms with Crippen LogP contribution >= 0.6 is 0 Å². The second-order valence-corrected chi connectivity index (χ2v) is 6.80. The number of amides is 1. The minimum atomic E-state index is -5.03. The average molecular weight is 391 g/mol. The van der Waals surface area contributed by atoms with Crippen molar-refractivity contribution in [3.05, 3.63) is 71.8 Å². The number of carbonyl (C=O) groups excluding carboxylic acids is 2. The lowest BCUT2D eigenvalue weighted by Gasteiger charge is -2.44. The lowest BCUT2D eigenvalue weighted by atomic mass is 9.74. The number of alkyl halides is 3. The second-order valence-electron chi connectivity index (χ2n) is 6.80. The van der Waals surface area contributed by atoms with E-state index in [1.165, 1.54) is 0 Å². The molecule has 1 fully saturated rings. The maximum absolute atomic E-state index is 13.0. The van der Waals surface area contributed by atoms with Crippen LogP contribution in [0.25, 0.3) is 0 Å². The summed E-state index contributed by atoms with van der Waals surface area (Å²) in [5.41, 5.74) is -0.647. The molecule has 1 aliphatic carbocycles. The van der Waals surface area contributed by atoms with Crippen molar-refractivity contribution in [1.82, 2.24) is 5.32 Å². The molecule has 0 aliphatic heterocycles. The molecule has 148 valence electrons. The van der Waals surface area contributed by atoms with Gasteiger partial charge in [0.2, 0.25) is 0 Å². The highest BCUT2D eigenvalue weighted by Gasteiger charge is 2.50. The molecule has 3 rings (SSSR count). The zero-order valence-corrected chi connectivity index (χ0v) is 15.0. The third-order valence-electron chi connectivity index (χ3n) is 4.98. The summed E-state index contributed by atoms with van der Waals surface area (Å²) >= 11 is 0. The van der Waals surface area contributed by atoms with Gasteiger partial charge in [0.25, 0.3) is 0 Å². The lowest BCUT2D eigenvalue weighted by molar-refractivity contribution is -0.178. The van der Waals surface area contributed by atoms with Crippen molar-refractivity contribution in [2.24, 2.45) is 0 Å². The SMILES string of the molecule is O=C(O[C@H]1CCCC[C@]1(NC(=O)C(F)(F)F)c1ccccc1)c1ccccc1. The van der Waals surface area contributed by atoms with Crippen LogP contribution in [0.3, 0.4) is 0 Å². The highest BCUT2D eigenvalue weighted by atomic mass is 19.4. The summed E-state index contributed by atoms with van der Waals surface area (Å²) in [5, 5.41) is 2.15. The molecule has 0 radical (unpaired) electrons. The molecule has 0 unspecified atom stereocenters. The van der Waals surface area contributed by atoms with E-state index >= 15 is 0 Å². The zero-order valence-electron chi connectivity index (χ0n) is 15.0. The molecule has 0 spiro atoms. The van der Waals surface area contributed by atoms with Crippen LogP contribution in [0.1, 0.15) is 41.6 Å². The Hall–Kier alpha value is -2.83. The first-order valence-electron chi connectivity index (χ1n) is 9.04. The zero-order chi connectivity index (χ0) is 20.2. The minimum Gasteiger partial charge on any atom is -0.456 e. The van der Waals surface area contributed by atoms with Crippen molar-refractivity contribution in [2.45, 2.75) is 43.5 Å². The molecule has 1 aliphatic rings. The molecule has 4 nitrogen and oxygen atoms in total. The number of carbonyl (C=O) groups is 2. The fourth-order valence-electron chi connectivity index (χ4n) is 3.63. The summed E-state index contributed by atoms with van der Waals surface area (Å²) in [5.74, 6) is -2.67. The van der Waals surface area contributed by atoms with Crippen LogP contribution in [0, 0.1) is 0 Å². The van der Waals surface area contributed by atoms with Crippen LogP contribution in [0.5, 0.6) is 0 Å². The molecule has 0 saturated heterocycles. The average Bonchev–Trinajstić information content (AvgIpc) is 2.70. The molecule has 2 aromatic rings. The predicted octanol–water partition coefficient (Wildman–Crippen LogP) is 4.36. The van der Waals surface area contributed by atoms with Gasteiger partial charge in [-0.25, -0.2) is 4.79 Å². The number of nitrogens with one attached hydrogen (secondary N) is 1. The highest BCUT2D eigenvalue weighted by Crippen LogP contribution is 2.40. The third-order valence-corrected chi connectivity index (χ3v) is 4.98. The van der Waals surface area contributed by atoms with Crippen LogP contribution in [-0.4, -0.2) is 24.2 Å². The maximum atomic E-state index is 13.0. The van der Waals surface area contributed by atoms with Gasteiger partial charge >= 0.3 is 18.1 Å². The number of ether oxygens (including phenoxy) is 1. The lowest BCUT2D eigenvalue weighted by Crippen LogP contribution is -2.59. The smallest absolute Gasteiger partial charge is 0.456 e. The Balaban J connectivity index is 1.97. The van der Waals surface area contributed by atoms with E-state index in [1.54, 1.807) is 60.7 Å². The van der Waals surface area contributed by atoms with Crippen molar-refractivity contribution >= 4 is 11.9 Å². The van der Waals surface area contributed by atoms with E-state index in [4.69, 9.17) is 4.74 Å². The molecule has 28 heavy (non-hydrogen) atoms. The van der Waals surface area contributed by atoms with Crippen LogP contribution in [0.4, 0.5) is 13.2 Å². The fraction of sp³-hybridized carbons (Fsp3) is 0.333. The van der Waals surface area contributed by atoms with Gasteiger partial charge in [-0.1, -0.05) is 55.0 Å². The van der Waals surface area contributed by atoms with Gasteiger partial charge in [0.05, 0.1) is 5.56 Å². The summed E-state index contributed by atoms with van der Waals surface area (Å²) in [6.45, 7) is 0. The first kappa shape index (κ1) is 19.9. The largest absolute Gasteiger partial charge is 0.471 e. The van der Waals surface area contributed by atoms with Gasteiger partial charge in [0.15, 0.2) is 0 Å². The van der Waals surface area contributed by atoms with Crippen LogP contribution in [0.2, 0.25) is 0 Å². The van der Waals surface area contributed by atoms with Gasteiger partial charge in [0.1, 0.15) is 11.6 Å². The topological polar surface area (TPSA) is 55.4 Å². The predicted molar refractivity (Wildman–Crippen MR) is 96.4 cm³/mol. The van der Waals surface area contributed by atoms with Crippen LogP contribution in [-0.2, 0) is 15.1 Å². The molecular weight excluding hydrogens is 371 g/mol. The van der Waals surface area contributed by atoms with Gasteiger partial charge in [0, 0.05) is 0 Å². The monoisotopic (exact) mass is 391 g/mol. The summed E-state index contributed by atoms with van der Waals surface area (Å²) in [6, 6.07) is 16.6. The Labute approximate surface area is 160 Å². The first-order valence-corrected chi connectivity index (χ1v) is 9.04. The Morgan fingerprint density at radius 1 is 0.964 bits per heavy atom. The standard InChI is InChI=1S/C21H20F3NO3/c22-21(23,24)19(27)25-20(16-11-5-2-6-12-16)14-8-7-13-17(20)28-18(26)15-9-3-1-4-10-15/h1-6,9-12,17H,7-8,13-14H2,(H,25,27)/t17-,20-/m0/s1. The molecule has 0 aromatic heterocycles. The number of halogens is 3. The van der Waals surface area contributed by atoms with Crippen LogP contribution in [0.15, 0.2) is 60.7 Å². The Morgan fingerprint density at radius 3 is 2.18 bits per heavy atom. The molecular formula is C21H20F3NO3. The van der Waals surface area contributed by atoms with Gasteiger partial charge in [-0.3, -0.25) is 4.79 Å². The van der Waals surface area contributed by atoms with Crippen molar-refractivity contribution in [1.29, 1.82) is 0 Å². The quantitative estimate of drug-likeness (QED) is 0.788. The van der Waals surface area contributed by atoms with E-state index in [0.29, 0.717) is 30.4 Å². The Kier molecular flexibility index (Phi) is 5.72. The molecule has 0 bridgehead atoms. The van der Waals surface area contributed by atoms with Gasteiger partial charge in [-0.2, -0.15) is 13.2 Å². The molecule has 7 heteroatoms. The Bertz CT molecular complexity index is 824. The van der Waals surface area contributed by atoms with Crippen molar-refractivity contribution in [3.63, 3.8) is 0 Å². The van der Waals surface area contributed by atoms with E-state index in [9.17, 15) is 22.8 Å². The van der Waals surface area contributed by atoms with Crippen molar-refractivity contribution in [3.8, 4) is 0 Å². The summed E-state index contributed by atoms with van der Waals surface area (Å²) in [6.07, 6.45) is -4.07. The molecule has 2 aromatic carbocycles. The number of hydrogen-bond acceptors (Lipinski definition) is 3. The number of esters is 1. The summed E-state index contributed by atoms with van der Waals surface area (Å²) < 4.78 is 44.7. The molecule has 2 atom stereocenters. The van der Waals surface area contributed by atoms with E-state index in [2.05, 4.69) is 5.32 Å². The van der Waals surface area contributed by atoms with E-state index < -0.39 is 29.7 Å². The normalized spacial score (nSPS) is 22.3. The molecule has 0 heterocycles. The second kappa shape index (κ2) is 8.04. The van der Waals surface area contributed by atoms with Gasteiger partial charge < -0.3 is 10.1 Å². The summed E-state index contributed by atoms with van der Waals surface area (Å²) in [7, 11) is 0. The van der Waals surface area contributed by atoms with Crippen molar-refractivity contribution in [2.75, 3.05) is 0 Å². The van der Waals surface area contributed by atoms with Gasteiger partial charge in [-0.15, -0.1) is 0 Å². The Morgan fingerprint density at radius 2 is 1.57 bits per heavy atom. The molecule has 1 amide bonds. The van der Waals surface area contributed by atoms with Crippen LogP contribution < -0.4 is 5.32 Å². The summed E-state index contributed by atoms with van der Waals surface area (Å²) in [4.78, 5) is 24.4. The van der Waals surface area contributed by atoms with Gasteiger partial charge in [-0.05, 0) is 37.0 Å². The van der Waals surface area contributed by atoms with E-state index in [-0.39, 0.29) is 6.42 Å². The first-order chi connectivity index (χ1) is 13.3. The minimum absolute atomic E-state index is 0.242. The van der Waals surface area contributed by atoms with Crippen molar-refractivity contribution < 1.29 is 27.5 Å². The van der Waals surface area contributed by atoms with E-state index in [1.807, 2.05) is 0 Å². The molecule has 1 N–H and O–H groups in total. The fourth-order valence-corrected chi connectivity index (χ4v) is 3.63. The third kappa shape index (κ3) is 4.18.